The topological polar surface area (TPSA) is 87.7 Å². The summed E-state index contributed by atoms with van der Waals surface area (Å²) in [6.45, 7) is 9.28. The molecule has 7 nitrogen and oxygen atoms in total. The molecule has 0 fully saturated rings. The van der Waals surface area contributed by atoms with Gasteiger partial charge in [0, 0.05) is 17.9 Å². The van der Waals surface area contributed by atoms with Gasteiger partial charge in [0.05, 0.1) is 10.7 Å². The third kappa shape index (κ3) is 8.71. The van der Waals surface area contributed by atoms with E-state index in [1.54, 1.807) is 57.2 Å². The molecule has 0 heterocycles. The van der Waals surface area contributed by atoms with E-state index in [1.165, 1.54) is 4.90 Å². The first kappa shape index (κ1) is 31.1. The molecule has 0 aliphatic heterocycles. The molecular formula is C29H36ClN3O4S. The first-order valence-corrected chi connectivity index (χ1v) is 13.5. The van der Waals surface area contributed by atoms with Crippen LogP contribution in [0.2, 0.25) is 5.02 Å². The van der Waals surface area contributed by atoms with Crippen LogP contribution in [-0.2, 0) is 14.3 Å². The highest BCUT2D eigenvalue weighted by atomic mass is 35.5. The predicted molar refractivity (Wildman–Crippen MR) is 156 cm³/mol. The first-order chi connectivity index (χ1) is 17.9. The van der Waals surface area contributed by atoms with Crippen LogP contribution >= 0.6 is 24.2 Å². The Kier molecular flexibility index (Phi) is 11.6. The van der Waals surface area contributed by atoms with Crippen molar-refractivity contribution in [2.24, 2.45) is 0 Å². The van der Waals surface area contributed by atoms with E-state index in [0.717, 1.165) is 12.0 Å². The van der Waals surface area contributed by atoms with Gasteiger partial charge in [0.1, 0.15) is 17.7 Å². The minimum atomic E-state index is -1.03. The van der Waals surface area contributed by atoms with Crippen molar-refractivity contribution in [3.63, 3.8) is 0 Å². The molecule has 0 radical (unpaired) electrons. The first-order valence-electron chi connectivity index (χ1n) is 12.4. The molecule has 2 unspecified atom stereocenters. The average molecular weight is 558 g/mol. The molecule has 2 aromatic rings. The summed E-state index contributed by atoms with van der Waals surface area (Å²) in [5.74, 6) is 1.66. The van der Waals surface area contributed by atoms with Crippen LogP contribution in [0.1, 0.15) is 63.3 Å². The van der Waals surface area contributed by atoms with Crippen molar-refractivity contribution < 1.29 is 19.1 Å². The summed E-state index contributed by atoms with van der Waals surface area (Å²) in [4.78, 5) is 41.7. The van der Waals surface area contributed by atoms with Crippen LogP contribution in [0.25, 0.3) is 0 Å². The number of rotatable bonds is 10. The van der Waals surface area contributed by atoms with Gasteiger partial charge in [0.15, 0.2) is 0 Å². The highest BCUT2D eigenvalue weighted by Crippen LogP contribution is 2.30. The maximum Gasteiger partial charge on any atom is 0.408 e. The van der Waals surface area contributed by atoms with Gasteiger partial charge < -0.3 is 20.3 Å². The van der Waals surface area contributed by atoms with Gasteiger partial charge >= 0.3 is 6.09 Å². The van der Waals surface area contributed by atoms with Crippen LogP contribution in [0.5, 0.6) is 0 Å². The number of halogens is 1. The van der Waals surface area contributed by atoms with Gasteiger partial charge in [-0.15, -0.1) is 6.42 Å². The predicted octanol–water partition coefficient (Wildman–Crippen LogP) is 5.76. The Morgan fingerprint density at radius 3 is 2.34 bits per heavy atom. The molecule has 2 aromatic carbocycles. The summed E-state index contributed by atoms with van der Waals surface area (Å²) in [7, 11) is 0. The van der Waals surface area contributed by atoms with Crippen molar-refractivity contribution in [2.75, 3.05) is 17.6 Å². The van der Waals surface area contributed by atoms with Gasteiger partial charge in [-0.1, -0.05) is 55.1 Å². The van der Waals surface area contributed by atoms with Gasteiger partial charge in [0.2, 0.25) is 5.91 Å². The van der Waals surface area contributed by atoms with Crippen molar-refractivity contribution in [3.8, 4) is 12.3 Å². The molecule has 0 bridgehead atoms. The van der Waals surface area contributed by atoms with Crippen molar-refractivity contribution in [2.45, 2.75) is 65.1 Å². The molecule has 9 heteroatoms. The number of carbonyl (C=O) groups excluding carboxylic acids is 3. The number of ether oxygens (including phenoxy) is 1. The van der Waals surface area contributed by atoms with Gasteiger partial charge in [-0.3, -0.25) is 9.59 Å². The van der Waals surface area contributed by atoms with E-state index in [-0.39, 0.29) is 12.3 Å². The Labute approximate surface area is 236 Å². The second-order valence-electron chi connectivity index (χ2n) is 9.86. The smallest absolute Gasteiger partial charge is 0.408 e. The number of carbonyl (C=O) groups is 3. The van der Waals surface area contributed by atoms with Crippen LogP contribution in [0, 0.1) is 19.3 Å². The summed E-state index contributed by atoms with van der Waals surface area (Å²) in [6, 6.07) is 10.1. The molecule has 0 aliphatic carbocycles. The van der Waals surface area contributed by atoms with Gasteiger partial charge in [-0.05, 0) is 63.4 Å². The Balaban J connectivity index is 2.53. The fourth-order valence-corrected chi connectivity index (χ4v) is 4.26. The van der Waals surface area contributed by atoms with Crippen LogP contribution in [0.4, 0.5) is 10.5 Å². The maximum atomic E-state index is 13.9. The number of nitrogens with zero attached hydrogens (tertiary/aromatic N) is 1. The van der Waals surface area contributed by atoms with E-state index >= 15 is 0 Å². The van der Waals surface area contributed by atoms with Crippen molar-refractivity contribution in [3.05, 3.63) is 64.2 Å². The number of unbranched alkanes of at least 4 members (excludes halogenated alkanes) is 1. The highest BCUT2D eigenvalue weighted by Gasteiger charge is 2.36. The molecule has 2 atom stereocenters. The number of thiol groups is 1. The molecule has 3 amide bonds. The average Bonchev–Trinajstić information content (AvgIpc) is 2.86. The van der Waals surface area contributed by atoms with Crippen LogP contribution in [0.15, 0.2) is 42.5 Å². The molecule has 0 spiro atoms. The number of hydrogen-bond donors (Lipinski definition) is 3. The van der Waals surface area contributed by atoms with Gasteiger partial charge in [-0.25, -0.2) is 4.79 Å². The minimum absolute atomic E-state index is 0.00862. The van der Waals surface area contributed by atoms with Crippen molar-refractivity contribution in [1.29, 1.82) is 0 Å². The second kappa shape index (κ2) is 14.1. The summed E-state index contributed by atoms with van der Waals surface area (Å²) < 4.78 is 5.34. The van der Waals surface area contributed by atoms with Gasteiger partial charge in [0.25, 0.3) is 5.91 Å². The summed E-state index contributed by atoms with van der Waals surface area (Å²) in [5.41, 5.74) is 1.69. The van der Waals surface area contributed by atoms with Gasteiger partial charge in [-0.2, -0.15) is 12.6 Å². The molecule has 2 N–H and O–H groups in total. The molecular weight excluding hydrogens is 522 g/mol. The monoisotopic (exact) mass is 557 g/mol. The highest BCUT2D eigenvalue weighted by molar-refractivity contribution is 7.80. The lowest BCUT2D eigenvalue weighted by Gasteiger charge is -2.34. The summed E-state index contributed by atoms with van der Waals surface area (Å²) in [6.07, 6.45) is 6.19. The van der Waals surface area contributed by atoms with E-state index in [1.807, 2.05) is 19.9 Å². The number of terminal acetylenes is 1. The molecule has 0 aromatic heterocycles. The lowest BCUT2D eigenvalue weighted by atomic mass is 10.0. The molecule has 2 rings (SSSR count). The number of benzene rings is 2. The molecule has 38 heavy (non-hydrogen) atoms. The number of hydrogen-bond acceptors (Lipinski definition) is 5. The molecule has 204 valence electrons. The quantitative estimate of drug-likeness (QED) is 0.256. The number of amides is 3. The SMILES string of the molecule is C#Cc1ccc(C(C(=O)Nc2c(C)cccc2Cl)N(CCCC)C(=O)C(CS)NC(=O)OC(C)(C)C)cc1. The molecule has 0 saturated heterocycles. The Morgan fingerprint density at radius 2 is 1.82 bits per heavy atom. The third-order valence-corrected chi connectivity index (χ3v) is 6.31. The summed E-state index contributed by atoms with van der Waals surface area (Å²) in [5, 5.41) is 5.89. The van der Waals surface area contributed by atoms with E-state index in [2.05, 4.69) is 29.2 Å². The normalized spacial score (nSPS) is 12.6. The number of nitrogens with one attached hydrogen (secondary N) is 2. The van der Waals surface area contributed by atoms with E-state index in [0.29, 0.717) is 28.3 Å². The second-order valence-corrected chi connectivity index (χ2v) is 10.6. The summed E-state index contributed by atoms with van der Waals surface area (Å²) >= 11 is 10.7. The minimum Gasteiger partial charge on any atom is -0.444 e. The zero-order valence-electron chi connectivity index (χ0n) is 22.5. The van der Waals surface area contributed by atoms with E-state index in [4.69, 9.17) is 22.8 Å². The standard InChI is InChI=1S/C29H36ClN3O4S/c1-7-9-17-33(27(35)23(18-38)31-28(36)37-29(4,5)6)25(21-15-13-20(8-2)14-16-21)26(34)32-24-19(3)11-10-12-22(24)30/h2,10-16,23,25,38H,7,9,17-18H2,1,3-6H3,(H,31,36)(H,32,34). The van der Waals surface area contributed by atoms with Crippen molar-refractivity contribution in [1.82, 2.24) is 10.2 Å². The van der Waals surface area contributed by atoms with E-state index in [9.17, 15) is 14.4 Å². The molecule has 0 saturated carbocycles. The Morgan fingerprint density at radius 1 is 1.16 bits per heavy atom. The fraction of sp³-hybridized carbons (Fsp3) is 0.414. The number of aryl methyl sites for hydroxylation is 1. The number of alkyl carbamates (subject to hydrolysis) is 1. The zero-order valence-corrected chi connectivity index (χ0v) is 24.2. The molecule has 0 aliphatic rings. The fourth-order valence-electron chi connectivity index (χ4n) is 3.75. The van der Waals surface area contributed by atoms with E-state index < -0.39 is 35.6 Å². The largest absolute Gasteiger partial charge is 0.444 e. The van der Waals surface area contributed by atoms with Crippen LogP contribution < -0.4 is 10.6 Å². The Bertz CT molecular complexity index is 1150. The number of para-hydroxylation sites is 1. The van der Waals surface area contributed by atoms with Crippen LogP contribution in [0.3, 0.4) is 0 Å². The lowest BCUT2D eigenvalue weighted by molar-refractivity contribution is -0.140. The van der Waals surface area contributed by atoms with Crippen LogP contribution in [-0.4, -0.2) is 46.7 Å². The Hall–Kier alpha value is -3.15. The lowest BCUT2D eigenvalue weighted by Crippen LogP contribution is -2.53. The maximum absolute atomic E-state index is 13.9. The zero-order chi connectivity index (χ0) is 28.5. The third-order valence-electron chi connectivity index (χ3n) is 5.63. The van der Waals surface area contributed by atoms with Crippen molar-refractivity contribution >= 4 is 47.8 Å². The number of anilines is 1.